The van der Waals surface area contributed by atoms with Gasteiger partial charge in [0.2, 0.25) is 0 Å². The lowest BCUT2D eigenvalue weighted by Crippen LogP contribution is -2.18. The van der Waals surface area contributed by atoms with Crippen molar-refractivity contribution in [2.45, 2.75) is 57.8 Å². The summed E-state index contributed by atoms with van der Waals surface area (Å²) in [6, 6.07) is 28.2. The molecule has 3 aromatic rings. The quantitative estimate of drug-likeness (QED) is 0.229. The summed E-state index contributed by atoms with van der Waals surface area (Å²) in [6.45, 7) is 7.58. The molecule has 3 atom stereocenters. The molecule has 4 rings (SSSR count). The fourth-order valence-corrected chi connectivity index (χ4v) is 7.23. The van der Waals surface area contributed by atoms with E-state index in [1.54, 1.807) is 0 Å². The van der Waals surface area contributed by atoms with E-state index in [1.807, 2.05) is 88.4 Å². The fourth-order valence-electron chi connectivity index (χ4n) is 4.43. The number of rotatable bonds is 9. The van der Waals surface area contributed by atoms with Crippen molar-refractivity contribution < 1.29 is 13.6 Å². The van der Waals surface area contributed by atoms with Crippen LogP contribution in [-0.2, 0) is 13.6 Å². The zero-order chi connectivity index (χ0) is 23.6. The summed E-state index contributed by atoms with van der Waals surface area (Å²) in [5.74, 6) is -0.408. The lowest BCUT2D eigenvalue weighted by atomic mass is 9.98. The van der Waals surface area contributed by atoms with Gasteiger partial charge in [-0.3, -0.25) is 9.46 Å². The second kappa shape index (κ2) is 10.1. The Kier molecular flexibility index (Phi) is 7.43. The van der Waals surface area contributed by atoms with Crippen molar-refractivity contribution in [1.82, 2.24) is 4.90 Å². The van der Waals surface area contributed by atoms with Crippen LogP contribution in [0.2, 0.25) is 5.02 Å². The molecule has 0 radical (unpaired) electrons. The smallest absolute Gasteiger partial charge is 0.305 e. The van der Waals surface area contributed by atoms with E-state index in [0.717, 1.165) is 16.7 Å². The topological polar surface area (TPSA) is 38.5 Å². The van der Waals surface area contributed by atoms with Gasteiger partial charge in [0, 0.05) is 5.02 Å². The van der Waals surface area contributed by atoms with Gasteiger partial charge >= 0.3 is 7.60 Å². The average molecular weight is 484 g/mol. The Bertz CT molecular complexity index is 1040. The van der Waals surface area contributed by atoms with Crippen molar-refractivity contribution in [3.8, 4) is 0 Å². The Labute approximate surface area is 202 Å². The van der Waals surface area contributed by atoms with Crippen LogP contribution < -0.4 is 0 Å². The Morgan fingerprint density at radius 1 is 0.758 bits per heavy atom. The second-order valence-corrected chi connectivity index (χ2v) is 11.4. The molecule has 0 aliphatic carbocycles. The predicted molar refractivity (Wildman–Crippen MR) is 135 cm³/mol. The van der Waals surface area contributed by atoms with E-state index in [0.29, 0.717) is 5.02 Å². The molecular weight excluding hydrogens is 453 g/mol. The predicted octanol–water partition coefficient (Wildman–Crippen LogP) is 7.86. The largest absolute Gasteiger partial charge is 0.350 e. The Balaban J connectivity index is 1.84. The molecule has 4 nitrogen and oxygen atoms in total. The zero-order valence-electron chi connectivity index (χ0n) is 19.5. The summed E-state index contributed by atoms with van der Waals surface area (Å²) in [4.78, 5) is 2.26. The minimum absolute atomic E-state index is 0.0991. The molecular formula is C27H31ClNO3P. The van der Waals surface area contributed by atoms with E-state index < -0.39 is 13.4 Å². The number of hydrogen-bond donors (Lipinski definition) is 0. The first-order valence-electron chi connectivity index (χ1n) is 11.4. The lowest BCUT2D eigenvalue weighted by molar-refractivity contribution is 0.138. The van der Waals surface area contributed by atoms with Gasteiger partial charge in [0.15, 0.2) is 0 Å². The van der Waals surface area contributed by atoms with Gasteiger partial charge in [-0.2, -0.15) is 0 Å². The van der Waals surface area contributed by atoms with Crippen LogP contribution in [0.25, 0.3) is 0 Å². The Morgan fingerprint density at radius 3 is 1.64 bits per heavy atom. The molecule has 0 N–H and O–H groups in total. The van der Waals surface area contributed by atoms with Crippen LogP contribution in [0.15, 0.2) is 84.9 Å². The summed E-state index contributed by atoms with van der Waals surface area (Å²) in [5.41, 5.74) is 3.30. The number of nitrogens with zero attached hydrogens (tertiary/aromatic N) is 1. The third kappa shape index (κ3) is 5.42. The highest BCUT2D eigenvalue weighted by molar-refractivity contribution is 7.55. The lowest BCUT2D eigenvalue weighted by Gasteiger charge is -2.25. The highest BCUT2D eigenvalue weighted by atomic mass is 35.5. The van der Waals surface area contributed by atoms with Crippen LogP contribution in [0, 0.1) is 0 Å². The summed E-state index contributed by atoms with van der Waals surface area (Å²) in [5, 5.41) is 0.671. The molecule has 0 bridgehead atoms. The van der Waals surface area contributed by atoms with Crippen molar-refractivity contribution in [1.29, 1.82) is 0 Å². The van der Waals surface area contributed by atoms with Gasteiger partial charge in [-0.25, -0.2) is 0 Å². The maximum Gasteiger partial charge on any atom is 0.350 e. The third-order valence-electron chi connectivity index (χ3n) is 5.60. The molecule has 1 heterocycles. The molecule has 174 valence electrons. The van der Waals surface area contributed by atoms with E-state index in [9.17, 15) is 4.57 Å². The number of benzene rings is 3. The molecule has 3 aromatic carbocycles. The maximum atomic E-state index is 14.3. The highest BCUT2D eigenvalue weighted by Gasteiger charge is 2.64. The molecule has 0 saturated carbocycles. The molecule has 0 aromatic heterocycles. The summed E-state index contributed by atoms with van der Waals surface area (Å²) >= 11 is 6.17. The first-order valence-corrected chi connectivity index (χ1v) is 13.4. The standard InChI is InChI=1S/C27H31ClNO3P/c1-19(2)31-33(30,32-20(3)4)27-26(23-15-17-24(28)18-16-23)29(27)25(21-11-7-5-8-12-21)22-13-9-6-10-14-22/h5-20,25-27H,1-4H3/t26-,27-,29?/m1/s1. The van der Waals surface area contributed by atoms with Crippen LogP contribution in [0.1, 0.15) is 56.5 Å². The highest BCUT2D eigenvalue weighted by Crippen LogP contribution is 2.71. The molecule has 1 fully saturated rings. The van der Waals surface area contributed by atoms with E-state index in [4.69, 9.17) is 20.6 Å². The second-order valence-electron chi connectivity index (χ2n) is 8.93. The molecule has 0 amide bonds. The van der Waals surface area contributed by atoms with Crippen LogP contribution in [0.4, 0.5) is 0 Å². The minimum Gasteiger partial charge on any atom is -0.305 e. The van der Waals surface area contributed by atoms with Crippen molar-refractivity contribution in [3.63, 3.8) is 0 Å². The van der Waals surface area contributed by atoms with Crippen LogP contribution in [0.3, 0.4) is 0 Å². The Hall–Kier alpha value is -1.94. The van der Waals surface area contributed by atoms with E-state index in [1.165, 1.54) is 0 Å². The first kappa shape index (κ1) is 24.2. The van der Waals surface area contributed by atoms with E-state index in [-0.39, 0.29) is 24.3 Å². The third-order valence-corrected chi connectivity index (χ3v) is 8.48. The summed E-state index contributed by atoms with van der Waals surface area (Å²) in [6.07, 6.45) is -0.454. The van der Waals surface area contributed by atoms with Gasteiger partial charge in [-0.1, -0.05) is 84.4 Å². The fraction of sp³-hybridized carbons (Fsp3) is 0.333. The Morgan fingerprint density at radius 2 is 1.21 bits per heavy atom. The molecule has 33 heavy (non-hydrogen) atoms. The van der Waals surface area contributed by atoms with Gasteiger partial charge in [0.25, 0.3) is 0 Å². The van der Waals surface area contributed by atoms with Crippen LogP contribution in [-0.4, -0.2) is 22.9 Å². The van der Waals surface area contributed by atoms with Crippen molar-refractivity contribution in [2.75, 3.05) is 0 Å². The molecule has 1 saturated heterocycles. The maximum absolute atomic E-state index is 14.3. The molecule has 1 aliphatic rings. The van der Waals surface area contributed by atoms with E-state index in [2.05, 4.69) is 29.2 Å². The zero-order valence-corrected chi connectivity index (χ0v) is 21.1. The summed E-state index contributed by atoms with van der Waals surface area (Å²) in [7, 11) is -3.48. The van der Waals surface area contributed by atoms with Gasteiger partial charge in [0.1, 0.15) is 5.78 Å². The van der Waals surface area contributed by atoms with Crippen LogP contribution >= 0.6 is 19.2 Å². The minimum atomic E-state index is -3.48. The van der Waals surface area contributed by atoms with Crippen LogP contribution in [0.5, 0.6) is 0 Å². The van der Waals surface area contributed by atoms with Gasteiger partial charge in [-0.15, -0.1) is 0 Å². The van der Waals surface area contributed by atoms with E-state index >= 15 is 0 Å². The molecule has 6 heteroatoms. The van der Waals surface area contributed by atoms with Gasteiger partial charge in [-0.05, 0) is 56.5 Å². The number of halogens is 1. The van der Waals surface area contributed by atoms with Crippen molar-refractivity contribution in [2.24, 2.45) is 0 Å². The average Bonchev–Trinajstić information content (AvgIpc) is 3.51. The molecule has 1 unspecified atom stereocenters. The number of hydrogen-bond acceptors (Lipinski definition) is 4. The normalized spacial score (nSPS) is 20.5. The first-order chi connectivity index (χ1) is 15.8. The SMILES string of the molecule is CC(C)OP(=O)(OC(C)C)[C@@H]1[C@@H](c2ccc(Cl)cc2)N1C(c1ccccc1)c1ccccc1. The van der Waals surface area contributed by atoms with Gasteiger partial charge in [0.05, 0.1) is 24.3 Å². The van der Waals surface area contributed by atoms with Crippen molar-refractivity contribution in [3.05, 3.63) is 107 Å². The monoisotopic (exact) mass is 483 g/mol. The molecule has 0 spiro atoms. The van der Waals surface area contributed by atoms with Crippen molar-refractivity contribution >= 4 is 19.2 Å². The molecule has 1 aliphatic heterocycles. The van der Waals surface area contributed by atoms with Gasteiger partial charge < -0.3 is 9.05 Å². The summed E-state index contributed by atoms with van der Waals surface area (Å²) < 4.78 is 26.4.